The number of nitro benzene ring substituents is 1. The molecule has 1 aliphatic heterocycles. The molecule has 126 valence electrons. The third-order valence-corrected chi connectivity index (χ3v) is 4.68. The van der Waals surface area contributed by atoms with Crippen LogP contribution in [0.5, 0.6) is 0 Å². The number of benzene rings is 2. The van der Waals surface area contributed by atoms with Crippen LogP contribution < -0.4 is 4.90 Å². The highest BCUT2D eigenvalue weighted by Gasteiger charge is 2.37. The maximum Gasteiger partial charge on any atom is 0.298 e. The van der Waals surface area contributed by atoms with E-state index < -0.39 is 16.1 Å². The van der Waals surface area contributed by atoms with Crippen LogP contribution in [0.2, 0.25) is 0 Å². The van der Waals surface area contributed by atoms with Gasteiger partial charge in [0.2, 0.25) is 0 Å². The average Bonchev–Trinajstić information content (AvgIpc) is 2.82. The van der Waals surface area contributed by atoms with Crippen LogP contribution in [-0.2, 0) is 4.79 Å². The fourth-order valence-corrected chi connectivity index (χ4v) is 3.47. The maximum absolute atomic E-state index is 12.7. The number of hydrogen-bond acceptors (Lipinski definition) is 5. The molecule has 0 atom stereocenters. The number of aryl methyl sites for hydroxylation is 2. The first-order valence-corrected chi connectivity index (χ1v) is 8.29. The summed E-state index contributed by atoms with van der Waals surface area (Å²) >= 11 is 0.781. The van der Waals surface area contributed by atoms with Crippen molar-refractivity contribution in [3.63, 3.8) is 0 Å². The summed E-state index contributed by atoms with van der Waals surface area (Å²) in [6, 6.07) is 11.6. The van der Waals surface area contributed by atoms with Gasteiger partial charge in [-0.3, -0.25) is 19.7 Å². The monoisotopic (exact) mass is 354 g/mol. The molecule has 6 nitrogen and oxygen atoms in total. The summed E-state index contributed by atoms with van der Waals surface area (Å²) in [5.41, 5.74) is 2.55. The lowest BCUT2D eigenvalue weighted by molar-refractivity contribution is -0.385. The Labute approximate surface area is 148 Å². The van der Waals surface area contributed by atoms with E-state index in [0.29, 0.717) is 11.3 Å². The van der Waals surface area contributed by atoms with Gasteiger partial charge in [-0.2, -0.15) is 0 Å². The number of nitro groups is 1. The maximum atomic E-state index is 12.7. The van der Waals surface area contributed by atoms with Crippen LogP contribution in [-0.4, -0.2) is 16.1 Å². The van der Waals surface area contributed by atoms with E-state index >= 15 is 0 Å². The Bertz CT molecular complexity index is 936. The van der Waals surface area contributed by atoms with Gasteiger partial charge in [-0.15, -0.1) is 0 Å². The smallest absolute Gasteiger partial charge is 0.268 e. The van der Waals surface area contributed by atoms with Crippen molar-refractivity contribution in [2.45, 2.75) is 13.8 Å². The summed E-state index contributed by atoms with van der Waals surface area (Å²) in [6.07, 6.45) is 1.40. The number of carbonyl (C=O) groups excluding carboxylic acids is 2. The van der Waals surface area contributed by atoms with Gasteiger partial charge in [0.1, 0.15) is 0 Å². The van der Waals surface area contributed by atoms with E-state index in [1.165, 1.54) is 12.1 Å². The molecule has 2 amide bonds. The molecule has 0 spiro atoms. The van der Waals surface area contributed by atoms with E-state index in [1.807, 2.05) is 26.0 Å². The lowest BCUT2D eigenvalue weighted by Gasteiger charge is -2.15. The largest absolute Gasteiger partial charge is 0.298 e. The van der Waals surface area contributed by atoms with Crippen molar-refractivity contribution in [3.05, 3.63) is 74.2 Å². The number of anilines is 1. The highest BCUT2D eigenvalue weighted by Crippen LogP contribution is 2.38. The van der Waals surface area contributed by atoms with E-state index in [9.17, 15) is 19.7 Å². The molecule has 0 aliphatic carbocycles. The number of thioether (sulfide) groups is 1. The van der Waals surface area contributed by atoms with Crippen molar-refractivity contribution in [2.75, 3.05) is 4.90 Å². The number of carbonyl (C=O) groups is 2. The summed E-state index contributed by atoms with van der Waals surface area (Å²) in [5, 5.41) is 10.7. The molecular weight excluding hydrogens is 340 g/mol. The van der Waals surface area contributed by atoms with E-state index in [0.717, 1.165) is 27.8 Å². The van der Waals surface area contributed by atoms with Crippen molar-refractivity contribution in [1.29, 1.82) is 0 Å². The number of para-hydroxylation sites is 1. The van der Waals surface area contributed by atoms with E-state index in [4.69, 9.17) is 0 Å². The molecule has 1 aliphatic rings. The van der Waals surface area contributed by atoms with Crippen molar-refractivity contribution >= 4 is 40.4 Å². The fraction of sp³-hybridized carbons (Fsp3) is 0.111. The number of rotatable bonds is 3. The number of amides is 2. The number of imide groups is 1. The van der Waals surface area contributed by atoms with Gasteiger partial charge in [0.25, 0.3) is 16.8 Å². The molecule has 0 bridgehead atoms. The Morgan fingerprint density at radius 2 is 1.84 bits per heavy atom. The molecule has 0 radical (unpaired) electrons. The second-order valence-electron chi connectivity index (χ2n) is 5.62. The zero-order valence-corrected chi connectivity index (χ0v) is 14.4. The van der Waals surface area contributed by atoms with Crippen LogP contribution in [0.1, 0.15) is 16.7 Å². The molecule has 3 rings (SSSR count). The molecule has 2 aromatic rings. The van der Waals surface area contributed by atoms with Crippen molar-refractivity contribution in [3.8, 4) is 0 Å². The summed E-state index contributed by atoms with van der Waals surface area (Å²) in [5.74, 6) is -0.472. The minimum atomic E-state index is -0.514. The lowest BCUT2D eigenvalue weighted by atomic mass is 10.1. The fourth-order valence-electron chi connectivity index (χ4n) is 2.65. The minimum Gasteiger partial charge on any atom is -0.268 e. The lowest BCUT2D eigenvalue weighted by Crippen LogP contribution is -2.28. The highest BCUT2D eigenvalue weighted by atomic mass is 32.2. The van der Waals surface area contributed by atoms with Crippen LogP contribution in [0.4, 0.5) is 16.2 Å². The standard InChI is InChI=1S/C18H14N2O4S/c1-11-7-8-14(12(2)9-11)19-17(21)16(25-18(19)22)10-13-5-3-4-6-15(13)20(23)24/h3-10H,1-2H3/b16-10-. The van der Waals surface area contributed by atoms with Crippen LogP contribution in [0.15, 0.2) is 47.4 Å². The van der Waals surface area contributed by atoms with Gasteiger partial charge < -0.3 is 0 Å². The van der Waals surface area contributed by atoms with Gasteiger partial charge in [-0.25, -0.2) is 4.90 Å². The number of hydrogen-bond donors (Lipinski definition) is 0. The minimum absolute atomic E-state index is 0.110. The van der Waals surface area contributed by atoms with Gasteiger partial charge in [-0.1, -0.05) is 29.8 Å². The van der Waals surface area contributed by atoms with E-state index in [2.05, 4.69) is 0 Å². The van der Waals surface area contributed by atoms with Crippen LogP contribution in [0, 0.1) is 24.0 Å². The third kappa shape index (κ3) is 3.18. The number of nitrogens with zero attached hydrogens (tertiary/aromatic N) is 2. The zero-order valence-electron chi connectivity index (χ0n) is 13.6. The second kappa shape index (κ2) is 6.52. The average molecular weight is 354 g/mol. The van der Waals surface area contributed by atoms with Gasteiger partial charge in [0, 0.05) is 6.07 Å². The topological polar surface area (TPSA) is 80.5 Å². The molecule has 0 aromatic heterocycles. The molecule has 0 N–H and O–H groups in total. The second-order valence-corrected chi connectivity index (χ2v) is 6.62. The quantitative estimate of drug-likeness (QED) is 0.462. The SMILES string of the molecule is Cc1ccc(N2C(=O)S/C(=C\c3ccccc3[N+](=O)[O-])C2=O)c(C)c1. The van der Waals surface area contributed by atoms with Crippen molar-refractivity contribution in [1.82, 2.24) is 0 Å². The molecule has 2 aromatic carbocycles. The summed E-state index contributed by atoms with van der Waals surface area (Å²) in [7, 11) is 0. The highest BCUT2D eigenvalue weighted by molar-refractivity contribution is 8.19. The molecule has 1 heterocycles. The Kier molecular flexibility index (Phi) is 4.41. The van der Waals surface area contributed by atoms with Gasteiger partial charge in [-0.05, 0) is 49.4 Å². The molecule has 7 heteroatoms. The first kappa shape index (κ1) is 16.9. The van der Waals surface area contributed by atoms with Crippen LogP contribution in [0.25, 0.3) is 6.08 Å². The molecule has 0 saturated carbocycles. The summed E-state index contributed by atoms with van der Waals surface area (Å²) in [6.45, 7) is 3.76. The van der Waals surface area contributed by atoms with Crippen molar-refractivity contribution in [2.24, 2.45) is 0 Å². The van der Waals surface area contributed by atoms with Gasteiger partial charge >= 0.3 is 0 Å². The normalized spacial score (nSPS) is 15.9. The summed E-state index contributed by atoms with van der Waals surface area (Å²) < 4.78 is 0. The van der Waals surface area contributed by atoms with Gasteiger partial charge in [0.05, 0.1) is 21.1 Å². The Morgan fingerprint density at radius 3 is 2.52 bits per heavy atom. The van der Waals surface area contributed by atoms with Gasteiger partial charge in [0.15, 0.2) is 0 Å². The van der Waals surface area contributed by atoms with E-state index in [-0.39, 0.29) is 10.6 Å². The third-order valence-electron chi connectivity index (χ3n) is 3.81. The molecule has 25 heavy (non-hydrogen) atoms. The predicted octanol–water partition coefficient (Wildman–Crippen LogP) is 4.45. The first-order valence-electron chi connectivity index (χ1n) is 7.47. The van der Waals surface area contributed by atoms with E-state index in [1.54, 1.807) is 24.3 Å². The van der Waals surface area contributed by atoms with Crippen molar-refractivity contribution < 1.29 is 14.5 Å². The molecule has 1 saturated heterocycles. The Balaban J connectivity index is 2.01. The zero-order chi connectivity index (χ0) is 18.1. The molecule has 1 fully saturated rings. The molecular formula is C18H14N2O4S. The molecule has 0 unspecified atom stereocenters. The predicted molar refractivity (Wildman–Crippen MR) is 97.5 cm³/mol. The Hall–Kier alpha value is -2.93. The Morgan fingerprint density at radius 1 is 1.12 bits per heavy atom. The summed E-state index contributed by atoms with van der Waals surface area (Å²) in [4.78, 5) is 36.9. The van der Waals surface area contributed by atoms with Crippen LogP contribution >= 0.6 is 11.8 Å². The first-order chi connectivity index (χ1) is 11.9. The van der Waals surface area contributed by atoms with Crippen LogP contribution in [0.3, 0.4) is 0 Å².